The first-order valence-electron chi connectivity index (χ1n) is 5.22. The molecule has 0 fully saturated rings. The van der Waals surface area contributed by atoms with E-state index in [9.17, 15) is 14.0 Å². The average molecular weight is 244 g/mol. The molecule has 3 nitrogen and oxygen atoms in total. The Bertz CT molecular complexity index is 620. The van der Waals surface area contributed by atoms with Gasteiger partial charge in [0.2, 0.25) is 0 Å². The topological polar surface area (TPSA) is 54.4 Å². The lowest BCUT2D eigenvalue weighted by atomic mass is 9.98. The van der Waals surface area contributed by atoms with Gasteiger partial charge in [-0.05, 0) is 18.2 Å². The molecule has 0 aromatic heterocycles. The molecule has 90 valence electrons. The van der Waals surface area contributed by atoms with Gasteiger partial charge in [-0.25, -0.2) is 9.18 Å². The molecule has 0 unspecified atom stereocenters. The highest BCUT2D eigenvalue weighted by Gasteiger charge is 2.17. The summed E-state index contributed by atoms with van der Waals surface area (Å²) in [7, 11) is 0. The summed E-state index contributed by atoms with van der Waals surface area (Å²) in [6.07, 6.45) is 0. The second kappa shape index (κ2) is 4.79. The van der Waals surface area contributed by atoms with Crippen molar-refractivity contribution in [3.05, 3.63) is 71.0 Å². The number of aromatic carboxylic acids is 1. The van der Waals surface area contributed by atoms with Crippen molar-refractivity contribution in [3.63, 3.8) is 0 Å². The summed E-state index contributed by atoms with van der Waals surface area (Å²) in [4.78, 5) is 23.1. The van der Waals surface area contributed by atoms with Crippen molar-refractivity contribution in [2.24, 2.45) is 0 Å². The first kappa shape index (κ1) is 12.0. The molecular formula is C14H9FO3. The fourth-order valence-electron chi connectivity index (χ4n) is 1.65. The van der Waals surface area contributed by atoms with Crippen LogP contribution in [0.3, 0.4) is 0 Å². The first-order chi connectivity index (χ1) is 8.59. The number of hydrogen-bond donors (Lipinski definition) is 1. The summed E-state index contributed by atoms with van der Waals surface area (Å²) >= 11 is 0. The standard InChI is InChI=1S/C14H9FO3/c15-10-5-3-4-9(8-10)13(16)11-6-1-2-7-12(11)14(17)18/h1-8H,(H,17,18). The van der Waals surface area contributed by atoms with Gasteiger partial charge in [-0.1, -0.05) is 30.3 Å². The Labute approximate surface area is 103 Å². The Morgan fingerprint density at radius 2 is 1.61 bits per heavy atom. The molecule has 0 saturated heterocycles. The third kappa shape index (κ3) is 2.27. The minimum absolute atomic E-state index is 0.0515. The van der Waals surface area contributed by atoms with Gasteiger partial charge in [-0.3, -0.25) is 4.79 Å². The minimum Gasteiger partial charge on any atom is -0.478 e. The van der Waals surface area contributed by atoms with Gasteiger partial charge >= 0.3 is 5.97 Å². The van der Waals surface area contributed by atoms with Crippen LogP contribution in [0.2, 0.25) is 0 Å². The molecule has 4 heteroatoms. The van der Waals surface area contributed by atoms with Crippen LogP contribution in [-0.4, -0.2) is 16.9 Å². The zero-order chi connectivity index (χ0) is 13.1. The molecule has 2 aromatic carbocycles. The highest BCUT2D eigenvalue weighted by atomic mass is 19.1. The maximum absolute atomic E-state index is 13.0. The van der Waals surface area contributed by atoms with E-state index < -0.39 is 17.6 Å². The summed E-state index contributed by atoms with van der Waals surface area (Å²) in [6, 6.07) is 11.0. The fraction of sp³-hybridized carbons (Fsp3) is 0. The quantitative estimate of drug-likeness (QED) is 0.844. The van der Waals surface area contributed by atoms with Gasteiger partial charge < -0.3 is 5.11 Å². The average Bonchev–Trinajstić information content (AvgIpc) is 2.38. The van der Waals surface area contributed by atoms with Crippen molar-refractivity contribution in [2.75, 3.05) is 0 Å². The van der Waals surface area contributed by atoms with Crippen LogP contribution in [0, 0.1) is 5.82 Å². The number of benzene rings is 2. The van der Waals surface area contributed by atoms with E-state index in [2.05, 4.69) is 0 Å². The number of carboxylic acid groups (broad SMARTS) is 1. The summed E-state index contributed by atoms with van der Waals surface area (Å²) in [5.74, 6) is -2.23. The van der Waals surface area contributed by atoms with Gasteiger partial charge in [-0.15, -0.1) is 0 Å². The van der Waals surface area contributed by atoms with Crippen LogP contribution in [0.4, 0.5) is 4.39 Å². The van der Waals surface area contributed by atoms with Crippen LogP contribution in [0.5, 0.6) is 0 Å². The molecule has 2 aromatic rings. The van der Waals surface area contributed by atoms with Gasteiger partial charge in [0.05, 0.1) is 5.56 Å². The fourth-order valence-corrected chi connectivity index (χ4v) is 1.65. The predicted molar refractivity (Wildman–Crippen MR) is 63.2 cm³/mol. The van der Waals surface area contributed by atoms with E-state index in [0.29, 0.717) is 0 Å². The number of carbonyl (C=O) groups excluding carboxylic acids is 1. The normalized spacial score (nSPS) is 10.1. The molecule has 0 saturated carbocycles. The van der Waals surface area contributed by atoms with Crippen molar-refractivity contribution in [1.29, 1.82) is 0 Å². The lowest BCUT2D eigenvalue weighted by molar-refractivity contribution is 0.0693. The number of ketones is 1. The van der Waals surface area contributed by atoms with Crippen LogP contribution in [0.15, 0.2) is 48.5 Å². The molecule has 0 spiro atoms. The zero-order valence-electron chi connectivity index (χ0n) is 9.26. The van der Waals surface area contributed by atoms with Crippen molar-refractivity contribution < 1.29 is 19.1 Å². The van der Waals surface area contributed by atoms with Crippen LogP contribution < -0.4 is 0 Å². The van der Waals surface area contributed by atoms with E-state index in [1.165, 1.54) is 36.4 Å². The number of carbonyl (C=O) groups is 2. The van der Waals surface area contributed by atoms with E-state index in [-0.39, 0.29) is 16.7 Å². The number of carboxylic acids is 1. The summed E-state index contributed by atoms with van der Waals surface area (Å²) in [5.41, 5.74) is 0.0889. The zero-order valence-corrected chi connectivity index (χ0v) is 9.26. The van der Waals surface area contributed by atoms with Crippen molar-refractivity contribution in [2.45, 2.75) is 0 Å². The van der Waals surface area contributed by atoms with E-state index in [1.54, 1.807) is 6.07 Å². The van der Waals surface area contributed by atoms with Gasteiger partial charge in [0.25, 0.3) is 0 Å². The molecule has 0 aliphatic rings. The van der Waals surface area contributed by atoms with Crippen LogP contribution in [0.1, 0.15) is 26.3 Å². The molecule has 0 aliphatic heterocycles. The maximum atomic E-state index is 13.0. The molecule has 0 bridgehead atoms. The largest absolute Gasteiger partial charge is 0.478 e. The molecule has 1 N–H and O–H groups in total. The third-order valence-corrected chi connectivity index (χ3v) is 2.49. The highest BCUT2D eigenvalue weighted by Crippen LogP contribution is 2.15. The second-order valence-corrected chi connectivity index (χ2v) is 3.69. The minimum atomic E-state index is -1.18. The van der Waals surface area contributed by atoms with Crippen LogP contribution in [0.25, 0.3) is 0 Å². The Balaban J connectivity index is 2.50. The molecule has 0 aliphatic carbocycles. The molecule has 0 atom stereocenters. The second-order valence-electron chi connectivity index (χ2n) is 3.69. The smallest absolute Gasteiger partial charge is 0.336 e. The summed E-state index contributed by atoms with van der Waals surface area (Å²) in [6.45, 7) is 0. The first-order valence-corrected chi connectivity index (χ1v) is 5.22. The summed E-state index contributed by atoms with van der Waals surface area (Å²) in [5, 5.41) is 8.99. The van der Waals surface area contributed by atoms with E-state index in [1.807, 2.05) is 0 Å². The monoisotopic (exact) mass is 244 g/mol. The van der Waals surface area contributed by atoms with Crippen molar-refractivity contribution in [3.8, 4) is 0 Å². The molecule has 0 heterocycles. The number of hydrogen-bond acceptors (Lipinski definition) is 2. The third-order valence-electron chi connectivity index (χ3n) is 2.49. The number of halogens is 1. The van der Waals surface area contributed by atoms with E-state index in [0.717, 1.165) is 6.07 Å². The van der Waals surface area contributed by atoms with Gasteiger partial charge in [-0.2, -0.15) is 0 Å². The van der Waals surface area contributed by atoms with E-state index >= 15 is 0 Å². The Morgan fingerprint density at radius 1 is 0.944 bits per heavy atom. The van der Waals surface area contributed by atoms with Gasteiger partial charge in [0, 0.05) is 11.1 Å². The Kier molecular flexibility index (Phi) is 3.19. The predicted octanol–water partition coefficient (Wildman–Crippen LogP) is 2.75. The van der Waals surface area contributed by atoms with Crippen molar-refractivity contribution in [1.82, 2.24) is 0 Å². The Hall–Kier alpha value is -2.49. The summed E-state index contributed by atoms with van der Waals surface area (Å²) < 4.78 is 13.0. The van der Waals surface area contributed by atoms with Crippen LogP contribution in [-0.2, 0) is 0 Å². The molecule has 18 heavy (non-hydrogen) atoms. The molecule has 0 amide bonds. The lowest BCUT2D eigenvalue weighted by Crippen LogP contribution is -2.09. The molecule has 2 rings (SSSR count). The lowest BCUT2D eigenvalue weighted by Gasteiger charge is -2.05. The maximum Gasteiger partial charge on any atom is 0.336 e. The molecule has 0 radical (unpaired) electrons. The SMILES string of the molecule is O=C(O)c1ccccc1C(=O)c1cccc(F)c1. The van der Waals surface area contributed by atoms with Gasteiger partial charge in [0.1, 0.15) is 5.82 Å². The van der Waals surface area contributed by atoms with Crippen molar-refractivity contribution >= 4 is 11.8 Å². The molecular weight excluding hydrogens is 235 g/mol. The van der Waals surface area contributed by atoms with Gasteiger partial charge in [0.15, 0.2) is 5.78 Å². The number of rotatable bonds is 3. The van der Waals surface area contributed by atoms with Crippen LogP contribution >= 0.6 is 0 Å². The van der Waals surface area contributed by atoms with E-state index in [4.69, 9.17) is 5.11 Å². The Morgan fingerprint density at radius 3 is 2.22 bits per heavy atom. The highest BCUT2D eigenvalue weighted by molar-refractivity contribution is 6.14.